The topological polar surface area (TPSA) is 92.8 Å². The van der Waals surface area contributed by atoms with E-state index in [4.69, 9.17) is 4.74 Å². The number of carbonyl (C=O) groups excluding carboxylic acids is 1. The van der Waals surface area contributed by atoms with Crippen LogP contribution in [-0.4, -0.2) is 33.2 Å². The van der Waals surface area contributed by atoms with E-state index in [2.05, 4.69) is 25.5 Å². The minimum atomic E-state index is -0.324. The van der Waals surface area contributed by atoms with E-state index in [1.54, 1.807) is 26.3 Å². The van der Waals surface area contributed by atoms with Gasteiger partial charge in [-0.15, -0.1) is 5.10 Å². The highest BCUT2D eigenvalue weighted by Crippen LogP contribution is 2.06. The average Bonchev–Trinajstić information content (AvgIpc) is 2.83. The van der Waals surface area contributed by atoms with Crippen LogP contribution in [0.4, 0.5) is 0 Å². The van der Waals surface area contributed by atoms with E-state index in [0.29, 0.717) is 18.2 Å². The molecule has 1 amide bonds. The molecule has 18 heavy (non-hydrogen) atoms. The molecule has 0 atom stereocenters. The van der Waals surface area contributed by atoms with Gasteiger partial charge in [-0.3, -0.25) is 9.89 Å². The number of amides is 1. The Morgan fingerprint density at radius 1 is 1.50 bits per heavy atom. The first kappa shape index (κ1) is 12.0. The summed E-state index contributed by atoms with van der Waals surface area (Å²) in [6.07, 6.45) is 1.64. The Bertz CT molecular complexity index is 535. The van der Waals surface area contributed by atoms with Crippen LogP contribution in [0.2, 0.25) is 0 Å². The van der Waals surface area contributed by atoms with Gasteiger partial charge in [-0.1, -0.05) is 6.07 Å². The molecule has 2 aromatic heterocycles. The van der Waals surface area contributed by atoms with Crippen molar-refractivity contribution in [2.24, 2.45) is 0 Å². The van der Waals surface area contributed by atoms with Crippen molar-refractivity contribution < 1.29 is 9.53 Å². The maximum Gasteiger partial charge on any atom is 0.291 e. The summed E-state index contributed by atoms with van der Waals surface area (Å²) in [5.74, 6) is 0.949. The molecule has 7 heteroatoms. The van der Waals surface area contributed by atoms with Gasteiger partial charge in [0.1, 0.15) is 5.82 Å². The molecular formula is C11H13N5O2. The number of nitrogens with zero attached hydrogens (tertiary/aromatic N) is 3. The summed E-state index contributed by atoms with van der Waals surface area (Å²) in [6, 6.07) is 3.56. The molecule has 2 heterocycles. The quantitative estimate of drug-likeness (QED) is 0.818. The second-order valence-electron chi connectivity index (χ2n) is 3.64. The number of H-pyrrole nitrogens is 1. The van der Waals surface area contributed by atoms with E-state index in [9.17, 15) is 4.79 Å². The van der Waals surface area contributed by atoms with E-state index in [0.717, 1.165) is 5.56 Å². The van der Waals surface area contributed by atoms with Gasteiger partial charge >= 0.3 is 0 Å². The molecular weight excluding hydrogens is 234 g/mol. The maximum absolute atomic E-state index is 11.7. The minimum Gasteiger partial charge on any atom is -0.481 e. The molecule has 0 bridgehead atoms. The van der Waals surface area contributed by atoms with Gasteiger partial charge in [-0.05, 0) is 12.5 Å². The highest BCUT2D eigenvalue weighted by Gasteiger charge is 2.10. The molecule has 0 unspecified atom stereocenters. The molecule has 0 aliphatic rings. The Balaban J connectivity index is 1.92. The van der Waals surface area contributed by atoms with Crippen molar-refractivity contribution >= 4 is 5.91 Å². The number of aromatic amines is 1. The monoisotopic (exact) mass is 247 g/mol. The van der Waals surface area contributed by atoms with Gasteiger partial charge in [0.05, 0.1) is 7.11 Å². The summed E-state index contributed by atoms with van der Waals surface area (Å²) in [6.45, 7) is 2.10. The van der Waals surface area contributed by atoms with Crippen molar-refractivity contribution in [3.63, 3.8) is 0 Å². The molecule has 0 aliphatic heterocycles. The van der Waals surface area contributed by atoms with Crippen LogP contribution in [0.15, 0.2) is 18.3 Å². The first-order valence-electron chi connectivity index (χ1n) is 5.35. The van der Waals surface area contributed by atoms with Crippen molar-refractivity contribution in [2.75, 3.05) is 7.11 Å². The standard InChI is InChI=1S/C11H13N5O2/c1-7-14-10(16-15-7)11(17)13-6-8-3-4-9(18-2)12-5-8/h3-5H,6H2,1-2H3,(H,13,17)(H,14,15,16). The molecule has 0 spiro atoms. The zero-order valence-corrected chi connectivity index (χ0v) is 10.1. The Labute approximate surface area is 104 Å². The van der Waals surface area contributed by atoms with Crippen molar-refractivity contribution in [1.29, 1.82) is 0 Å². The predicted molar refractivity (Wildman–Crippen MR) is 63.1 cm³/mol. The first-order valence-corrected chi connectivity index (χ1v) is 5.35. The van der Waals surface area contributed by atoms with E-state index in [1.807, 2.05) is 6.07 Å². The molecule has 2 aromatic rings. The van der Waals surface area contributed by atoms with Gasteiger partial charge in [0.2, 0.25) is 11.7 Å². The van der Waals surface area contributed by atoms with E-state index in [1.165, 1.54) is 0 Å². The fourth-order valence-electron chi connectivity index (χ4n) is 1.34. The van der Waals surface area contributed by atoms with Crippen LogP contribution in [0.1, 0.15) is 22.0 Å². The van der Waals surface area contributed by atoms with Crippen LogP contribution in [0.3, 0.4) is 0 Å². The number of hydrogen-bond donors (Lipinski definition) is 2. The first-order chi connectivity index (χ1) is 8.69. The Hall–Kier alpha value is -2.44. The van der Waals surface area contributed by atoms with Crippen molar-refractivity contribution in [2.45, 2.75) is 13.5 Å². The lowest BCUT2D eigenvalue weighted by atomic mass is 10.3. The number of hydrogen-bond acceptors (Lipinski definition) is 5. The number of rotatable bonds is 4. The summed E-state index contributed by atoms with van der Waals surface area (Å²) in [5, 5.41) is 9.08. The second kappa shape index (κ2) is 5.26. The van der Waals surface area contributed by atoms with Crippen molar-refractivity contribution in [3.8, 4) is 5.88 Å². The van der Waals surface area contributed by atoms with Gasteiger partial charge in [-0.25, -0.2) is 9.97 Å². The van der Waals surface area contributed by atoms with Crippen LogP contribution in [0, 0.1) is 6.92 Å². The van der Waals surface area contributed by atoms with Gasteiger partial charge in [0.15, 0.2) is 0 Å². The van der Waals surface area contributed by atoms with E-state index >= 15 is 0 Å². The molecule has 0 radical (unpaired) electrons. The molecule has 2 N–H and O–H groups in total. The van der Waals surface area contributed by atoms with Crippen molar-refractivity contribution in [3.05, 3.63) is 35.5 Å². The Morgan fingerprint density at radius 2 is 2.33 bits per heavy atom. The molecule has 0 fully saturated rings. The van der Waals surface area contributed by atoms with Crippen LogP contribution < -0.4 is 10.1 Å². The molecule has 0 aromatic carbocycles. The predicted octanol–water partition coefficient (Wildman–Crippen LogP) is 0.447. The number of aryl methyl sites for hydroxylation is 1. The van der Waals surface area contributed by atoms with Crippen LogP contribution in [0.25, 0.3) is 0 Å². The summed E-state index contributed by atoms with van der Waals surface area (Å²) in [5.41, 5.74) is 0.872. The largest absolute Gasteiger partial charge is 0.481 e. The summed E-state index contributed by atoms with van der Waals surface area (Å²) >= 11 is 0. The van der Waals surface area contributed by atoms with Crippen LogP contribution in [-0.2, 0) is 6.54 Å². The summed E-state index contributed by atoms with van der Waals surface area (Å²) < 4.78 is 4.94. The molecule has 0 saturated carbocycles. The smallest absolute Gasteiger partial charge is 0.291 e. The van der Waals surface area contributed by atoms with Gasteiger partial charge in [-0.2, -0.15) is 0 Å². The minimum absolute atomic E-state index is 0.133. The fourth-order valence-corrected chi connectivity index (χ4v) is 1.34. The Kier molecular flexibility index (Phi) is 3.52. The lowest BCUT2D eigenvalue weighted by Crippen LogP contribution is -2.24. The number of nitrogens with one attached hydrogen (secondary N) is 2. The zero-order valence-electron chi connectivity index (χ0n) is 10.1. The lowest BCUT2D eigenvalue weighted by molar-refractivity contribution is 0.0941. The molecule has 0 aliphatic carbocycles. The molecule has 2 rings (SSSR count). The second-order valence-corrected chi connectivity index (χ2v) is 3.64. The zero-order chi connectivity index (χ0) is 13.0. The van der Waals surface area contributed by atoms with E-state index < -0.39 is 0 Å². The lowest BCUT2D eigenvalue weighted by Gasteiger charge is -2.03. The SMILES string of the molecule is COc1ccc(CNC(=O)c2n[nH]c(C)n2)cn1. The summed E-state index contributed by atoms with van der Waals surface area (Å²) in [4.78, 5) is 19.6. The number of aromatic nitrogens is 4. The molecule has 0 saturated heterocycles. The van der Waals surface area contributed by atoms with Gasteiger partial charge in [0, 0.05) is 18.8 Å². The van der Waals surface area contributed by atoms with Crippen molar-refractivity contribution in [1.82, 2.24) is 25.5 Å². The highest BCUT2D eigenvalue weighted by atomic mass is 16.5. The van der Waals surface area contributed by atoms with Gasteiger partial charge < -0.3 is 10.1 Å². The number of pyridine rings is 1. The molecule has 94 valence electrons. The third-order valence-electron chi connectivity index (χ3n) is 2.26. The maximum atomic E-state index is 11.7. The van der Waals surface area contributed by atoms with Crippen LogP contribution >= 0.6 is 0 Å². The highest BCUT2D eigenvalue weighted by molar-refractivity contribution is 5.90. The van der Waals surface area contributed by atoms with Crippen LogP contribution in [0.5, 0.6) is 5.88 Å². The normalized spacial score (nSPS) is 10.1. The Morgan fingerprint density at radius 3 is 2.89 bits per heavy atom. The molecule has 7 nitrogen and oxygen atoms in total. The number of carbonyl (C=O) groups is 1. The number of ether oxygens (including phenoxy) is 1. The third-order valence-corrected chi connectivity index (χ3v) is 2.26. The van der Waals surface area contributed by atoms with E-state index in [-0.39, 0.29) is 11.7 Å². The third kappa shape index (κ3) is 2.82. The fraction of sp³-hybridized carbons (Fsp3) is 0.273. The average molecular weight is 247 g/mol. The number of methoxy groups -OCH3 is 1. The van der Waals surface area contributed by atoms with Gasteiger partial charge in [0.25, 0.3) is 5.91 Å². The summed E-state index contributed by atoms with van der Waals surface area (Å²) in [7, 11) is 1.55.